The molecule has 0 spiro atoms. The van der Waals surface area contributed by atoms with Gasteiger partial charge in [0.2, 0.25) is 0 Å². The van der Waals surface area contributed by atoms with E-state index in [9.17, 15) is 9.90 Å². The van der Waals surface area contributed by atoms with Gasteiger partial charge in [0.15, 0.2) is 11.5 Å². The minimum Gasteiger partial charge on any atom is -0.390 e. The zero-order valence-corrected chi connectivity index (χ0v) is 18.7. The van der Waals surface area contributed by atoms with Gasteiger partial charge in [-0.1, -0.05) is 6.92 Å². The van der Waals surface area contributed by atoms with Crippen molar-refractivity contribution >= 4 is 5.78 Å². The van der Waals surface area contributed by atoms with E-state index in [1.54, 1.807) is 16.9 Å². The molecule has 8 atom stereocenters. The van der Waals surface area contributed by atoms with Crippen LogP contribution in [0.1, 0.15) is 77.3 Å². The molecule has 4 fully saturated rings. The minimum absolute atomic E-state index is 0.00596. The molecular weight excluding hydrogens is 393 g/mol. The SMILES string of the molecule is C[C@@]1(O)CC[C@@]2(F)[C@H](CC[C@H]3[C@@H]4CC[C@@H](C(=O)Cn5ccc(C#N)n5)[C@@]4(C)CC[C@@H]32)C1. The van der Waals surface area contributed by atoms with Crippen LogP contribution in [0.2, 0.25) is 0 Å². The first-order valence-corrected chi connectivity index (χ1v) is 12.0. The Bertz CT molecular complexity index is 920. The van der Waals surface area contributed by atoms with E-state index >= 15 is 4.39 Å². The summed E-state index contributed by atoms with van der Waals surface area (Å²) in [6.07, 6.45) is 8.88. The fourth-order valence-corrected chi connectivity index (χ4v) is 8.29. The van der Waals surface area contributed by atoms with Gasteiger partial charge in [0.25, 0.3) is 0 Å². The Morgan fingerprint density at radius 2 is 2.03 bits per heavy atom. The van der Waals surface area contributed by atoms with Gasteiger partial charge in [-0.3, -0.25) is 9.48 Å². The molecule has 4 aliphatic rings. The fraction of sp³-hybridized carbons (Fsp3) is 0.800. The highest BCUT2D eigenvalue weighted by atomic mass is 19.1. The third kappa shape index (κ3) is 3.26. The lowest BCUT2D eigenvalue weighted by molar-refractivity contribution is -0.166. The number of nitrogens with zero attached hydrogens (tertiary/aromatic N) is 3. The van der Waals surface area contributed by atoms with Gasteiger partial charge in [0, 0.05) is 12.1 Å². The lowest BCUT2D eigenvalue weighted by atomic mass is 9.48. The fourth-order valence-electron chi connectivity index (χ4n) is 8.29. The summed E-state index contributed by atoms with van der Waals surface area (Å²) in [6.45, 7) is 4.35. The Hall–Kier alpha value is -1.74. The van der Waals surface area contributed by atoms with E-state index in [1.165, 1.54) is 0 Å². The van der Waals surface area contributed by atoms with Crippen LogP contribution in [0.5, 0.6) is 0 Å². The molecule has 168 valence electrons. The number of alkyl halides is 1. The zero-order valence-electron chi connectivity index (χ0n) is 18.7. The number of nitriles is 1. The van der Waals surface area contributed by atoms with Gasteiger partial charge >= 0.3 is 0 Å². The molecule has 5 nitrogen and oxygen atoms in total. The zero-order chi connectivity index (χ0) is 22.0. The van der Waals surface area contributed by atoms with Crippen LogP contribution in [0.15, 0.2) is 12.3 Å². The molecule has 31 heavy (non-hydrogen) atoms. The maximum absolute atomic E-state index is 16.4. The van der Waals surface area contributed by atoms with Gasteiger partial charge in [-0.25, -0.2) is 4.39 Å². The molecule has 1 aromatic heterocycles. The van der Waals surface area contributed by atoms with Gasteiger partial charge in [-0.15, -0.1) is 0 Å². The summed E-state index contributed by atoms with van der Waals surface area (Å²) >= 11 is 0. The Kier molecular flexibility index (Phi) is 4.86. The summed E-state index contributed by atoms with van der Waals surface area (Å²) in [5, 5.41) is 23.7. The van der Waals surface area contributed by atoms with Crippen LogP contribution >= 0.6 is 0 Å². The number of fused-ring (bicyclic) bond motifs is 5. The predicted molar refractivity (Wildman–Crippen MR) is 114 cm³/mol. The van der Waals surface area contributed by atoms with Crippen molar-refractivity contribution in [3.63, 3.8) is 0 Å². The van der Waals surface area contributed by atoms with E-state index < -0.39 is 11.3 Å². The summed E-state index contributed by atoms with van der Waals surface area (Å²) < 4.78 is 18.0. The average molecular weight is 428 g/mol. The molecule has 6 heteroatoms. The number of aromatic nitrogens is 2. The predicted octanol–water partition coefficient (Wildman–Crippen LogP) is 4.44. The van der Waals surface area contributed by atoms with E-state index in [-0.39, 0.29) is 35.5 Å². The molecule has 4 saturated carbocycles. The smallest absolute Gasteiger partial charge is 0.162 e. The molecule has 1 heterocycles. The molecule has 0 aromatic carbocycles. The van der Waals surface area contributed by atoms with Crippen molar-refractivity contribution in [1.82, 2.24) is 9.78 Å². The van der Waals surface area contributed by atoms with Crippen molar-refractivity contribution in [2.45, 2.75) is 89.4 Å². The van der Waals surface area contributed by atoms with Crippen LogP contribution < -0.4 is 0 Å². The van der Waals surface area contributed by atoms with E-state index in [0.29, 0.717) is 36.8 Å². The third-order valence-electron chi connectivity index (χ3n) is 9.78. The van der Waals surface area contributed by atoms with E-state index in [0.717, 1.165) is 38.5 Å². The molecule has 0 amide bonds. The highest BCUT2D eigenvalue weighted by Crippen LogP contribution is 2.66. The van der Waals surface area contributed by atoms with Crippen LogP contribution in [0.3, 0.4) is 0 Å². The van der Waals surface area contributed by atoms with Crippen LogP contribution in [0.25, 0.3) is 0 Å². The summed E-state index contributed by atoms with van der Waals surface area (Å²) in [5.74, 6) is 1.02. The quantitative estimate of drug-likeness (QED) is 0.774. The van der Waals surface area contributed by atoms with E-state index in [4.69, 9.17) is 5.26 Å². The third-order valence-corrected chi connectivity index (χ3v) is 9.78. The topological polar surface area (TPSA) is 78.9 Å². The average Bonchev–Trinajstić information content (AvgIpc) is 3.31. The molecule has 0 radical (unpaired) electrons. The molecular formula is C25H34FN3O2. The van der Waals surface area contributed by atoms with Crippen molar-refractivity contribution in [2.75, 3.05) is 0 Å². The number of carbonyl (C=O) groups is 1. The first kappa shape index (κ1) is 21.1. The van der Waals surface area contributed by atoms with Gasteiger partial charge < -0.3 is 5.11 Å². The lowest BCUT2D eigenvalue weighted by Crippen LogP contribution is -2.58. The summed E-state index contributed by atoms with van der Waals surface area (Å²) in [6, 6.07) is 3.65. The molecule has 4 aliphatic carbocycles. The second-order valence-electron chi connectivity index (χ2n) is 11.4. The van der Waals surface area contributed by atoms with E-state index in [2.05, 4.69) is 12.0 Å². The lowest BCUT2D eigenvalue weighted by Gasteiger charge is -2.59. The van der Waals surface area contributed by atoms with Crippen LogP contribution in [0.4, 0.5) is 4.39 Å². The van der Waals surface area contributed by atoms with Crippen LogP contribution in [-0.2, 0) is 11.3 Å². The molecule has 5 rings (SSSR count). The Morgan fingerprint density at radius 1 is 1.23 bits per heavy atom. The van der Waals surface area contributed by atoms with Crippen LogP contribution in [-0.4, -0.2) is 31.9 Å². The number of rotatable bonds is 3. The van der Waals surface area contributed by atoms with Crippen molar-refractivity contribution in [1.29, 1.82) is 5.26 Å². The second-order valence-corrected chi connectivity index (χ2v) is 11.4. The van der Waals surface area contributed by atoms with Crippen molar-refractivity contribution in [3.05, 3.63) is 18.0 Å². The first-order chi connectivity index (χ1) is 14.7. The number of carbonyl (C=O) groups excluding carboxylic acids is 1. The van der Waals surface area contributed by atoms with E-state index in [1.807, 2.05) is 13.0 Å². The maximum Gasteiger partial charge on any atom is 0.162 e. The second kappa shape index (κ2) is 7.13. The Morgan fingerprint density at radius 3 is 2.77 bits per heavy atom. The van der Waals surface area contributed by atoms with Gasteiger partial charge in [-0.2, -0.15) is 10.4 Å². The standard InChI is InChI=1S/C25H34FN3O2/c1-23(31)10-11-25(26)16(13-23)3-4-18-19-5-6-21(24(19,2)9-7-20(18)25)22(30)15-29-12-8-17(14-27)28-29/h8,12,16,18-21,31H,3-7,9-11,13,15H2,1-2H3/t16-,18+,19+,20+,21+,23-,24+,25-/m1/s1. The number of hydrogen-bond donors (Lipinski definition) is 1. The summed E-state index contributed by atoms with van der Waals surface area (Å²) in [5.41, 5.74) is -1.59. The molecule has 0 saturated heterocycles. The number of ketones is 1. The Labute approximate surface area is 184 Å². The number of aliphatic hydroxyl groups is 1. The Balaban J connectivity index is 1.34. The van der Waals surface area contributed by atoms with Crippen LogP contribution in [0, 0.1) is 46.3 Å². The summed E-state index contributed by atoms with van der Waals surface area (Å²) in [4.78, 5) is 13.2. The first-order valence-electron chi connectivity index (χ1n) is 12.0. The van der Waals surface area contributed by atoms with Gasteiger partial charge in [0.1, 0.15) is 11.7 Å². The molecule has 1 aromatic rings. The number of Topliss-reactive ketones (excluding diaryl/α,β-unsaturated/α-hetero) is 1. The van der Waals surface area contributed by atoms with Crippen molar-refractivity contribution < 1.29 is 14.3 Å². The minimum atomic E-state index is -1.14. The summed E-state index contributed by atoms with van der Waals surface area (Å²) in [7, 11) is 0. The van der Waals surface area contributed by atoms with Gasteiger partial charge in [-0.05, 0) is 99.9 Å². The van der Waals surface area contributed by atoms with Crippen molar-refractivity contribution in [3.8, 4) is 6.07 Å². The normalized spacial score (nSPS) is 46.5. The molecule has 0 aliphatic heterocycles. The van der Waals surface area contributed by atoms with Crippen molar-refractivity contribution in [2.24, 2.45) is 35.0 Å². The molecule has 0 bridgehead atoms. The highest BCUT2D eigenvalue weighted by molar-refractivity contribution is 5.82. The molecule has 1 N–H and O–H groups in total. The number of halogens is 1. The monoisotopic (exact) mass is 427 g/mol. The number of hydrogen-bond acceptors (Lipinski definition) is 4. The largest absolute Gasteiger partial charge is 0.390 e. The highest BCUT2D eigenvalue weighted by Gasteiger charge is 2.63. The van der Waals surface area contributed by atoms with Gasteiger partial charge in [0.05, 0.1) is 12.1 Å². The maximum atomic E-state index is 16.4. The molecule has 0 unspecified atom stereocenters.